The van der Waals surface area contributed by atoms with Crippen LogP contribution in [0.2, 0.25) is 10.0 Å². The summed E-state index contributed by atoms with van der Waals surface area (Å²) in [7, 11) is 0. The van der Waals surface area contributed by atoms with Gasteiger partial charge in [-0.15, -0.1) is 10.2 Å². The highest BCUT2D eigenvalue weighted by molar-refractivity contribution is 8.02. The average Bonchev–Trinajstić information content (AvgIpc) is 2.80. The van der Waals surface area contributed by atoms with Crippen LogP contribution in [-0.4, -0.2) is 21.4 Å². The van der Waals surface area contributed by atoms with Gasteiger partial charge in [-0.05, 0) is 26.0 Å². The molecule has 0 bridgehead atoms. The third-order valence-electron chi connectivity index (χ3n) is 2.36. The molecule has 1 heterocycles. The second-order valence-electron chi connectivity index (χ2n) is 3.94. The number of nitrogens with zero attached hydrogens (tertiary/aromatic N) is 2. The van der Waals surface area contributed by atoms with Gasteiger partial charge in [0.05, 0.1) is 21.0 Å². The smallest absolute Gasteiger partial charge is 0.237 e. The number of halogens is 2. The number of hydrogen-bond acceptors (Lipinski definition) is 5. The predicted molar refractivity (Wildman–Crippen MR) is 85.1 cm³/mol. The summed E-state index contributed by atoms with van der Waals surface area (Å²) in [5, 5.41) is 12.0. The molecule has 1 N–H and O–H groups in total. The van der Waals surface area contributed by atoms with Crippen molar-refractivity contribution in [1.82, 2.24) is 10.2 Å². The molecule has 1 atom stereocenters. The number of nitrogens with one attached hydrogen (secondary N) is 1. The Kier molecular flexibility index (Phi) is 5.26. The van der Waals surface area contributed by atoms with Crippen molar-refractivity contribution in [1.29, 1.82) is 0 Å². The molecule has 0 aliphatic rings. The van der Waals surface area contributed by atoms with Gasteiger partial charge in [0.15, 0.2) is 4.34 Å². The molecule has 0 saturated heterocycles. The van der Waals surface area contributed by atoms with Crippen LogP contribution in [0.5, 0.6) is 0 Å². The van der Waals surface area contributed by atoms with Crippen LogP contribution < -0.4 is 5.32 Å². The standard InChI is InChI=1S/C12H11Cl2N3OS2/c1-6(19-12-17-16-7(2)20-12)11(18)15-9-5-3-4-8(13)10(9)14/h3-6H,1-2H3,(H,15,18). The second kappa shape index (κ2) is 6.76. The van der Waals surface area contributed by atoms with E-state index >= 15 is 0 Å². The minimum absolute atomic E-state index is 0.160. The summed E-state index contributed by atoms with van der Waals surface area (Å²) in [5.74, 6) is -0.160. The molecule has 0 fully saturated rings. The van der Waals surface area contributed by atoms with Gasteiger partial charge in [-0.3, -0.25) is 4.79 Å². The summed E-state index contributed by atoms with van der Waals surface area (Å²) >= 11 is 14.8. The molecule has 0 radical (unpaired) electrons. The first-order valence-corrected chi connectivity index (χ1v) is 8.14. The Hall–Kier alpha value is -0.820. The predicted octanol–water partition coefficient (Wildman–Crippen LogP) is 4.27. The largest absolute Gasteiger partial charge is 0.324 e. The maximum atomic E-state index is 12.1. The summed E-state index contributed by atoms with van der Waals surface area (Å²) in [5.41, 5.74) is 0.505. The minimum atomic E-state index is -0.308. The SMILES string of the molecule is Cc1nnc(SC(C)C(=O)Nc2cccc(Cl)c2Cl)s1. The zero-order valence-electron chi connectivity index (χ0n) is 10.7. The van der Waals surface area contributed by atoms with E-state index in [1.54, 1.807) is 25.1 Å². The van der Waals surface area contributed by atoms with Crippen molar-refractivity contribution in [3.63, 3.8) is 0 Å². The van der Waals surface area contributed by atoms with Crippen molar-refractivity contribution in [2.45, 2.75) is 23.4 Å². The molecule has 4 nitrogen and oxygen atoms in total. The summed E-state index contributed by atoms with van der Waals surface area (Å²) in [6, 6.07) is 5.11. The minimum Gasteiger partial charge on any atom is -0.324 e. The Morgan fingerprint density at radius 3 is 2.80 bits per heavy atom. The van der Waals surface area contributed by atoms with E-state index in [1.807, 2.05) is 6.92 Å². The number of thioether (sulfide) groups is 1. The van der Waals surface area contributed by atoms with Crippen LogP contribution in [0.3, 0.4) is 0 Å². The Labute approximate surface area is 134 Å². The molecule has 20 heavy (non-hydrogen) atoms. The number of anilines is 1. The lowest BCUT2D eigenvalue weighted by Crippen LogP contribution is -2.22. The zero-order valence-corrected chi connectivity index (χ0v) is 13.8. The molecule has 2 rings (SSSR count). The maximum absolute atomic E-state index is 12.1. The Bertz CT molecular complexity index is 633. The highest BCUT2D eigenvalue weighted by Crippen LogP contribution is 2.31. The molecule has 0 spiro atoms. The topological polar surface area (TPSA) is 54.9 Å². The zero-order chi connectivity index (χ0) is 14.7. The van der Waals surface area contributed by atoms with Gasteiger partial charge in [0.2, 0.25) is 5.91 Å². The van der Waals surface area contributed by atoms with Crippen LogP contribution in [-0.2, 0) is 4.79 Å². The summed E-state index contributed by atoms with van der Waals surface area (Å²) in [6.07, 6.45) is 0. The molecule has 1 aromatic carbocycles. The van der Waals surface area contributed by atoms with Crippen molar-refractivity contribution >= 4 is 57.9 Å². The lowest BCUT2D eigenvalue weighted by molar-refractivity contribution is -0.115. The van der Waals surface area contributed by atoms with Crippen LogP contribution >= 0.6 is 46.3 Å². The van der Waals surface area contributed by atoms with E-state index < -0.39 is 0 Å². The van der Waals surface area contributed by atoms with E-state index in [2.05, 4.69) is 15.5 Å². The Morgan fingerprint density at radius 1 is 1.40 bits per heavy atom. The summed E-state index contributed by atoms with van der Waals surface area (Å²) in [4.78, 5) is 12.1. The van der Waals surface area contributed by atoms with E-state index in [9.17, 15) is 4.79 Å². The number of hydrogen-bond donors (Lipinski definition) is 1. The molecular formula is C12H11Cl2N3OS2. The van der Waals surface area contributed by atoms with Crippen LogP contribution in [0.4, 0.5) is 5.69 Å². The molecule has 106 valence electrons. The first kappa shape index (κ1) is 15.6. The van der Waals surface area contributed by atoms with Crippen molar-refractivity contribution in [2.24, 2.45) is 0 Å². The first-order valence-electron chi connectivity index (χ1n) is 5.69. The van der Waals surface area contributed by atoms with Crippen LogP contribution in [0.15, 0.2) is 22.5 Å². The number of carbonyl (C=O) groups excluding carboxylic acids is 1. The number of aromatic nitrogens is 2. The lowest BCUT2D eigenvalue weighted by atomic mass is 10.3. The third-order valence-corrected chi connectivity index (χ3v) is 5.21. The normalized spacial score (nSPS) is 12.2. The Morgan fingerprint density at radius 2 is 2.15 bits per heavy atom. The van der Waals surface area contributed by atoms with Crippen molar-refractivity contribution < 1.29 is 4.79 Å². The fraction of sp³-hybridized carbons (Fsp3) is 0.250. The fourth-order valence-electron chi connectivity index (χ4n) is 1.37. The summed E-state index contributed by atoms with van der Waals surface area (Å²) < 4.78 is 0.766. The summed E-state index contributed by atoms with van der Waals surface area (Å²) in [6.45, 7) is 3.67. The van der Waals surface area contributed by atoms with Crippen LogP contribution in [0, 0.1) is 6.92 Å². The van der Waals surface area contributed by atoms with Gasteiger partial charge >= 0.3 is 0 Å². The molecule has 1 amide bonds. The van der Waals surface area contributed by atoms with Crippen LogP contribution in [0.25, 0.3) is 0 Å². The third kappa shape index (κ3) is 3.85. The number of amides is 1. The highest BCUT2D eigenvalue weighted by Gasteiger charge is 2.18. The van der Waals surface area contributed by atoms with Gasteiger partial charge in [0, 0.05) is 0 Å². The van der Waals surface area contributed by atoms with Crippen molar-refractivity contribution in [3.8, 4) is 0 Å². The molecular weight excluding hydrogens is 337 g/mol. The lowest BCUT2D eigenvalue weighted by Gasteiger charge is -2.11. The van der Waals surface area contributed by atoms with Crippen LogP contribution in [0.1, 0.15) is 11.9 Å². The Balaban J connectivity index is 2.02. The molecule has 0 saturated carbocycles. The van der Waals surface area contributed by atoms with E-state index in [4.69, 9.17) is 23.2 Å². The molecule has 1 unspecified atom stereocenters. The number of aryl methyl sites for hydroxylation is 1. The van der Waals surface area contributed by atoms with Gasteiger partial charge in [-0.1, -0.05) is 52.4 Å². The second-order valence-corrected chi connectivity index (χ2v) is 7.49. The molecule has 0 aliphatic heterocycles. The van der Waals surface area contributed by atoms with Gasteiger partial charge < -0.3 is 5.32 Å². The number of rotatable bonds is 4. The monoisotopic (exact) mass is 347 g/mol. The van der Waals surface area contributed by atoms with Gasteiger partial charge in [0.25, 0.3) is 0 Å². The molecule has 2 aromatic rings. The molecule has 1 aromatic heterocycles. The average molecular weight is 348 g/mol. The first-order chi connectivity index (χ1) is 9.47. The quantitative estimate of drug-likeness (QED) is 0.839. The fourth-order valence-corrected chi connectivity index (χ4v) is 3.67. The van der Waals surface area contributed by atoms with Crippen molar-refractivity contribution in [3.05, 3.63) is 33.3 Å². The van der Waals surface area contributed by atoms with E-state index in [0.29, 0.717) is 15.7 Å². The van der Waals surface area contributed by atoms with E-state index in [1.165, 1.54) is 23.1 Å². The number of benzene rings is 1. The highest BCUT2D eigenvalue weighted by atomic mass is 35.5. The molecule has 0 aliphatic carbocycles. The molecule has 8 heteroatoms. The van der Waals surface area contributed by atoms with Gasteiger partial charge in [0.1, 0.15) is 5.01 Å². The van der Waals surface area contributed by atoms with Crippen molar-refractivity contribution in [2.75, 3.05) is 5.32 Å². The van der Waals surface area contributed by atoms with Gasteiger partial charge in [-0.25, -0.2) is 0 Å². The van der Waals surface area contributed by atoms with E-state index in [-0.39, 0.29) is 11.2 Å². The number of carbonyl (C=O) groups is 1. The maximum Gasteiger partial charge on any atom is 0.237 e. The van der Waals surface area contributed by atoms with E-state index in [0.717, 1.165) is 9.35 Å². The van der Waals surface area contributed by atoms with Gasteiger partial charge in [-0.2, -0.15) is 0 Å².